The fraction of sp³-hybridized carbons (Fsp3) is 1.00. The summed E-state index contributed by atoms with van der Waals surface area (Å²) in [4.78, 5) is 2.60. The lowest BCUT2D eigenvalue weighted by atomic mass is 9.84. The third kappa shape index (κ3) is 7.38. The highest BCUT2D eigenvalue weighted by molar-refractivity contribution is 4.81. The Morgan fingerprint density at radius 2 is 1.72 bits per heavy atom. The summed E-state index contributed by atoms with van der Waals surface area (Å²) in [6.45, 7) is 20.8. The highest BCUT2D eigenvalue weighted by Crippen LogP contribution is 2.22. The molecule has 0 aliphatic carbocycles. The molecule has 2 unspecified atom stereocenters. The quantitative estimate of drug-likeness (QED) is 0.675. The molecule has 0 spiro atoms. The maximum Gasteiger partial charge on any atom is 0.0128 e. The van der Waals surface area contributed by atoms with Gasteiger partial charge in [0.15, 0.2) is 0 Å². The Hall–Kier alpha value is -0.0800. The maximum atomic E-state index is 3.64. The first-order valence-electron chi connectivity index (χ1n) is 7.80. The molecule has 2 heteroatoms. The zero-order valence-corrected chi connectivity index (χ0v) is 13.8. The number of nitrogens with one attached hydrogen (secondary N) is 1. The van der Waals surface area contributed by atoms with Gasteiger partial charge >= 0.3 is 0 Å². The summed E-state index contributed by atoms with van der Waals surface area (Å²) in [7, 11) is 0. The second kappa shape index (κ2) is 8.92. The van der Waals surface area contributed by atoms with Crippen LogP contribution in [0.25, 0.3) is 0 Å². The van der Waals surface area contributed by atoms with E-state index in [4.69, 9.17) is 0 Å². The average molecular weight is 256 g/mol. The van der Waals surface area contributed by atoms with Crippen LogP contribution < -0.4 is 5.32 Å². The summed E-state index contributed by atoms with van der Waals surface area (Å²) in [5.41, 5.74) is 0.353. The summed E-state index contributed by atoms with van der Waals surface area (Å²) in [6, 6.07) is 0.619. The van der Waals surface area contributed by atoms with Crippen LogP contribution in [0.2, 0.25) is 0 Å². The number of rotatable bonds is 9. The van der Waals surface area contributed by atoms with Crippen molar-refractivity contribution in [2.45, 2.75) is 67.3 Å². The van der Waals surface area contributed by atoms with E-state index in [-0.39, 0.29) is 0 Å². The van der Waals surface area contributed by atoms with E-state index in [1.165, 1.54) is 32.5 Å². The van der Waals surface area contributed by atoms with Crippen molar-refractivity contribution < 1.29 is 0 Å². The molecule has 2 nitrogen and oxygen atoms in total. The molecule has 0 aromatic heterocycles. The maximum absolute atomic E-state index is 3.64. The SMILES string of the molecule is CCNC(CCN(CC)CC(C)CC)C(C)(C)C. The lowest BCUT2D eigenvalue weighted by molar-refractivity contribution is 0.194. The fourth-order valence-corrected chi connectivity index (χ4v) is 2.35. The molecule has 0 aliphatic rings. The van der Waals surface area contributed by atoms with Crippen molar-refractivity contribution in [3.8, 4) is 0 Å². The summed E-state index contributed by atoms with van der Waals surface area (Å²) in [5.74, 6) is 0.817. The van der Waals surface area contributed by atoms with E-state index in [0.717, 1.165) is 12.5 Å². The van der Waals surface area contributed by atoms with Crippen molar-refractivity contribution >= 4 is 0 Å². The molecule has 0 bridgehead atoms. The first-order valence-corrected chi connectivity index (χ1v) is 7.80. The molecule has 0 rings (SSSR count). The molecule has 0 fully saturated rings. The van der Waals surface area contributed by atoms with Crippen molar-refractivity contribution in [3.63, 3.8) is 0 Å². The molecule has 0 saturated heterocycles. The van der Waals surface area contributed by atoms with E-state index >= 15 is 0 Å². The molecule has 0 amide bonds. The third-order valence-corrected chi connectivity index (χ3v) is 3.94. The summed E-state index contributed by atoms with van der Waals surface area (Å²) < 4.78 is 0. The molecule has 0 aromatic rings. The number of hydrogen-bond acceptors (Lipinski definition) is 2. The third-order valence-electron chi connectivity index (χ3n) is 3.94. The topological polar surface area (TPSA) is 15.3 Å². The minimum absolute atomic E-state index is 0.353. The van der Waals surface area contributed by atoms with E-state index < -0.39 is 0 Å². The Morgan fingerprint density at radius 3 is 2.11 bits per heavy atom. The Balaban J connectivity index is 4.22. The summed E-state index contributed by atoms with van der Waals surface area (Å²) in [5, 5.41) is 3.64. The Labute approximate surface area is 116 Å². The van der Waals surface area contributed by atoms with E-state index in [1.54, 1.807) is 0 Å². The standard InChI is InChI=1S/C16H36N2/c1-8-14(4)13-18(10-3)12-11-15(17-9-2)16(5,6)7/h14-15,17H,8-13H2,1-7H3. The molecular weight excluding hydrogens is 220 g/mol. The molecule has 0 saturated carbocycles. The van der Waals surface area contributed by atoms with Crippen molar-refractivity contribution in [3.05, 3.63) is 0 Å². The Morgan fingerprint density at radius 1 is 1.11 bits per heavy atom. The monoisotopic (exact) mass is 256 g/mol. The van der Waals surface area contributed by atoms with Crippen LogP contribution in [0.4, 0.5) is 0 Å². The predicted molar refractivity (Wildman–Crippen MR) is 83.1 cm³/mol. The second-order valence-electron chi connectivity index (χ2n) is 6.67. The molecular formula is C16H36N2. The van der Waals surface area contributed by atoms with Gasteiger partial charge < -0.3 is 10.2 Å². The Bertz CT molecular complexity index is 196. The van der Waals surface area contributed by atoms with Crippen LogP contribution in [-0.2, 0) is 0 Å². The van der Waals surface area contributed by atoms with Crippen LogP contribution in [0.15, 0.2) is 0 Å². The molecule has 0 radical (unpaired) electrons. The normalized spacial score (nSPS) is 16.0. The molecule has 2 atom stereocenters. The van der Waals surface area contributed by atoms with Crippen LogP contribution in [0, 0.1) is 11.3 Å². The number of hydrogen-bond donors (Lipinski definition) is 1. The number of nitrogens with zero attached hydrogens (tertiary/aromatic N) is 1. The average Bonchev–Trinajstić information content (AvgIpc) is 2.30. The van der Waals surface area contributed by atoms with Crippen molar-refractivity contribution in [1.82, 2.24) is 10.2 Å². The van der Waals surface area contributed by atoms with Gasteiger partial charge in [0.1, 0.15) is 0 Å². The smallest absolute Gasteiger partial charge is 0.0128 e. The molecule has 0 aliphatic heterocycles. The highest BCUT2D eigenvalue weighted by atomic mass is 15.1. The molecule has 0 aromatic carbocycles. The largest absolute Gasteiger partial charge is 0.314 e. The van der Waals surface area contributed by atoms with E-state index in [0.29, 0.717) is 11.5 Å². The van der Waals surface area contributed by atoms with Crippen molar-refractivity contribution in [1.29, 1.82) is 0 Å². The van der Waals surface area contributed by atoms with Gasteiger partial charge in [0.2, 0.25) is 0 Å². The minimum Gasteiger partial charge on any atom is -0.314 e. The van der Waals surface area contributed by atoms with Crippen molar-refractivity contribution in [2.75, 3.05) is 26.2 Å². The highest BCUT2D eigenvalue weighted by Gasteiger charge is 2.23. The van der Waals surface area contributed by atoms with Gasteiger partial charge in [0, 0.05) is 12.6 Å². The van der Waals surface area contributed by atoms with Crippen LogP contribution in [0.3, 0.4) is 0 Å². The van der Waals surface area contributed by atoms with Gasteiger partial charge in [-0.05, 0) is 37.4 Å². The van der Waals surface area contributed by atoms with Crippen LogP contribution in [0.1, 0.15) is 61.3 Å². The fourth-order valence-electron chi connectivity index (χ4n) is 2.35. The first-order chi connectivity index (χ1) is 8.35. The van der Waals surface area contributed by atoms with E-state index in [1.807, 2.05) is 0 Å². The lowest BCUT2D eigenvalue weighted by Crippen LogP contribution is -2.43. The van der Waals surface area contributed by atoms with Gasteiger partial charge in [-0.3, -0.25) is 0 Å². The lowest BCUT2D eigenvalue weighted by Gasteiger charge is -2.34. The van der Waals surface area contributed by atoms with Crippen LogP contribution >= 0.6 is 0 Å². The van der Waals surface area contributed by atoms with E-state index in [2.05, 4.69) is 58.7 Å². The van der Waals surface area contributed by atoms with Crippen LogP contribution in [0.5, 0.6) is 0 Å². The molecule has 0 heterocycles. The summed E-state index contributed by atoms with van der Waals surface area (Å²) in [6.07, 6.45) is 2.54. The van der Waals surface area contributed by atoms with Gasteiger partial charge in [-0.25, -0.2) is 0 Å². The predicted octanol–water partition coefficient (Wildman–Crippen LogP) is 3.77. The van der Waals surface area contributed by atoms with Gasteiger partial charge in [0.05, 0.1) is 0 Å². The Kier molecular flexibility index (Phi) is 8.89. The van der Waals surface area contributed by atoms with Gasteiger partial charge in [-0.15, -0.1) is 0 Å². The molecule has 18 heavy (non-hydrogen) atoms. The van der Waals surface area contributed by atoms with Crippen molar-refractivity contribution in [2.24, 2.45) is 11.3 Å². The van der Waals surface area contributed by atoms with E-state index in [9.17, 15) is 0 Å². The molecule has 1 N–H and O–H groups in total. The minimum atomic E-state index is 0.353. The van der Waals surface area contributed by atoms with Gasteiger partial charge in [-0.2, -0.15) is 0 Å². The first kappa shape index (κ1) is 17.9. The zero-order chi connectivity index (χ0) is 14.2. The van der Waals surface area contributed by atoms with Gasteiger partial charge in [-0.1, -0.05) is 54.9 Å². The second-order valence-corrected chi connectivity index (χ2v) is 6.67. The molecule has 110 valence electrons. The summed E-state index contributed by atoms with van der Waals surface area (Å²) >= 11 is 0. The zero-order valence-electron chi connectivity index (χ0n) is 13.8. The van der Waals surface area contributed by atoms with Gasteiger partial charge in [0.25, 0.3) is 0 Å². The van der Waals surface area contributed by atoms with Crippen LogP contribution in [-0.4, -0.2) is 37.1 Å².